The van der Waals surface area contributed by atoms with Gasteiger partial charge in [-0.2, -0.15) is 0 Å². The second-order valence-corrected chi connectivity index (χ2v) is 6.10. The van der Waals surface area contributed by atoms with E-state index >= 15 is 0 Å². The van der Waals surface area contributed by atoms with E-state index < -0.39 is 5.97 Å². The molecule has 0 aromatic rings. The lowest BCUT2D eigenvalue weighted by atomic mass is 9.70. The Morgan fingerprint density at radius 1 is 1.44 bits per heavy atom. The lowest BCUT2D eigenvalue weighted by molar-refractivity contribution is -0.138. The summed E-state index contributed by atoms with van der Waals surface area (Å²) in [6.45, 7) is 6.41. The summed E-state index contributed by atoms with van der Waals surface area (Å²) in [5.74, 6) is -0.0947. The third-order valence-corrected chi connectivity index (χ3v) is 5.34. The normalized spacial score (nSPS) is 40.3. The van der Waals surface area contributed by atoms with Crippen LogP contribution in [0.15, 0.2) is 0 Å². The molecule has 3 nitrogen and oxygen atoms in total. The SMILES string of the molecule is CC1(C)[C@@H]2CC[C@]1(C)C(=O)[C@@H]2CCC(=O)O. The van der Waals surface area contributed by atoms with Gasteiger partial charge in [0.2, 0.25) is 0 Å². The number of aliphatic carboxylic acids is 1. The minimum absolute atomic E-state index is 0.00940. The Labute approximate surface area is 96.2 Å². The number of fused-ring (bicyclic) bond motifs is 2. The van der Waals surface area contributed by atoms with Gasteiger partial charge in [0.15, 0.2) is 0 Å². The van der Waals surface area contributed by atoms with E-state index in [9.17, 15) is 9.59 Å². The Balaban J connectivity index is 2.20. The number of hydrogen-bond donors (Lipinski definition) is 1. The zero-order chi connectivity index (χ0) is 12.1. The smallest absolute Gasteiger partial charge is 0.303 e. The first kappa shape index (κ1) is 11.6. The van der Waals surface area contributed by atoms with Gasteiger partial charge in [-0.3, -0.25) is 9.59 Å². The van der Waals surface area contributed by atoms with E-state index in [1.165, 1.54) is 0 Å². The molecule has 2 aliphatic rings. The van der Waals surface area contributed by atoms with E-state index in [1.807, 2.05) is 0 Å². The molecule has 3 atom stereocenters. The highest BCUT2D eigenvalue weighted by molar-refractivity contribution is 5.91. The molecule has 0 spiro atoms. The molecular formula is C13H20O3. The number of rotatable bonds is 3. The molecule has 2 rings (SSSR count). The van der Waals surface area contributed by atoms with Crippen molar-refractivity contribution in [2.45, 2.75) is 46.5 Å². The molecule has 2 bridgehead atoms. The quantitative estimate of drug-likeness (QED) is 0.801. The molecule has 1 N–H and O–H groups in total. The molecule has 2 aliphatic carbocycles. The van der Waals surface area contributed by atoms with Gasteiger partial charge in [0.1, 0.15) is 5.78 Å². The molecule has 2 fully saturated rings. The fourth-order valence-electron chi connectivity index (χ4n) is 3.88. The first-order valence-corrected chi connectivity index (χ1v) is 6.07. The monoisotopic (exact) mass is 224 g/mol. The van der Waals surface area contributed by atoms with Crippen LogP contribution in [0.1, 0.15) is 46.5 Å². The summed E-state index contributed by atoms with van der Waals surface area (Å²) in [6, 6.07) is 0. The van der Waals surface area contributed by atoms with Crippen molar-refractivity contribution in [1.82, 2.24) is 0 Å². The van der Waals surface area contributed by atoms with Crippen LogP contribution < -0.4 is 0 Å². The van der Waals surface area contributed by atoms with E-state index in [0.717, 1.165) is 12.8 Å². The van der Waals surface area contributed by atoms with Crippen molar-refractivity contribution in [3.8, 4) is 0 Å². The number of carbonyl (C=O) groups is 2. The Bertz CT molecular complexity index is 345. The second kappa shape index (κ2) is 3.31. The van der Waals surface area contributed by atoms with Gasteiger partial charge in [-0.25, -0.2) is 0 Å². The van der Waals surface area contributed by atoms with Crippen molar-refractivity contribution < 1.29 is 14.7 Å². The first-order chi connectivity index (χ1) is 7.30. The number of Topliss-reactive ketones (excluding diaryl/α,β-unsaturated/α-hetero) is 1. The highest BCUT2D eigenvalue weighted by Crippen LogP contribution is 2.66. The Kier molecular flexibility index (Phi) is 2.41. The molecule has 0 aromatic carbocycles. The van der Waals surface area contributed by atoms with Crippen LogP contribution in [-0.4, -0.2) is 16.9 Å². The molecule has 0 saturated heterocycles. The van der Waals surface area contributed by atoms with Gasteiger partial charge in [-0.1, -0.05) is 20.8 Å². The van der Waals surface area contributed by atoms with Gasteiger partial charge in [-0.15, -0.1) is 0 Å². The third kappa shape index (κ3) is 1.26. The van der Waals surface area contributed by atoms with Crippen molar-refractivity contribution in [3.63, 3.8) is 0 Å². The van der Waals surface area contributed by atoms with Crippen LogP contribution in [0.3, 0.4) is 0 Å². The summed E-state index contributed by atoms with van der Waals surface area (Å²) in [5.41, 5.74) is -0.159. The molecule has 0 heterocycles. The minimum Gasteiger partial charge on any atom is -0.481 e. The van der Waals surface area contributed by atoms with E-state index in [-0.39, 0.29) is 23.2 Å². The predicted octanol–water partition coefficient (Wildman–Crippen LogP) is 2.49. The molecular weight excluding hydrogens is 204 g/mol. The Morgan fingerprint density at radius 2 is 2.06 bits per heavy atom. The van der Waals surface area contributed by atoms with Gasteiger partial charge < -0.3 is 5.11 Å². The fourth-order valence-corrected chi connectivity index (χ4v) is 3.88. The van der Waals surface area contributed by atoms with Crippen molar-refractivity contribution in [1.29, 1.82) is 0 Å². The summed E-state index contributed by atoms with van der Waals surface area (Å²) in [7, 11) is 0. The minimum atomic E-state index is -0.793. The van der Waals surface area contributed by atoms with Gasteiger partial charge >= 0.3 is 5.97 Å². The maximum Gasteiger partial charge on any atom is 0.303 e. The zero-order valence-corrected chi connectivity index (χ0v) is 10.2. The van der Waals surface area contributed by atoms with Crippen LogP contribution >= 0.6 is 0 Å². The number of hydrogen-bond acceptors (Lipinski definition) is 2. The highest BCUT2D eigenvalue weighted by Gasteiger charge is 2.65. The molecule has 0 amide bonds. The van der Waals surface area contributed by atoms with E-state index in [1.54, 1.807) is 0 Å². The maximum atomic E-state index is 12.3. The van der Waals surface area contributed by atoms with Crippen LogP contribution in [-0.2, 0) is 9.59 Å². The third-order valence-electron chi connectivity index (χ3n) is 5.34. The average molecular weight is 224 g/mol. The Morgan fingerprint density at radius 3 is 2.50 bits per heavy atom. The molecule has 0 unspecified atom stereocenters. The van der Waals surface area contributed by atoms with Crippen LogP contribution in [0, 0.1) is 22.7 Å². The molecule has 3 heteroatoms. The van der Waals surface area contributed by atoms with Gasteiger partial charge in [-0.05, 0) is 30.6 Å². The van der Waals surface area contributed by atoms with Crippen LogP contribution in [0.25, 0.3) is 0 Å². The lowest BCUT2D eigenvalue weighted by Crippen LogP contribution is -2.33. The molecule has 2 saturated carbocycles. The van der Waals surface area contributed by atoms with Crippen LogP contribution in [0.4, 0.5) is 0 Å². The van der Waals surface area contributed by atoms with Crippen molar-refractivity contribution in [3.05, 3.63) is 0 Å². The zero-order valence-electron chi connectivity index (χ0n) is 10.2. The van der Waals surface area contributed by atoms with E-state index in [4.69, 9.17) is 5.11 Å². The summed E-state index contributed by atoms with van der Waals surface area (Å²) >= 11 is 0. The number of ketones is 1. The molecule has 0 radical (unpaired) electrons. The van der Waals surface area contributed by atoms with E-state index in [2.05, 4.69) is 20.8 Å². The van der Waals surface area contributed by atoms with Crippen LogP contribution in [0.2, 0.25) is 0 Å². The highest BCUT2D eigenvalue weighted by atomic mass is 16.4. The van der Waals surface area contributed by atoms with E-state index in [0.29, 0.717) is 18.1 Å². The summed E-state index contributed by atoms with van der Waals surface area (Å²) < 4.78 is 0. The van der Waals surface area contributed by atoms with Crippen molar-refractivity contribution in [2.24, 2.45) is 22.7 Å². The van der Waals surface area contributed by atoms with Crippen molar-refractivity contribution >= 4 is 11.8 Å². The number of carboxylic acid groups (broad SMARTS) is 1. The molecule has 0 aromatic heterocycles. The molecule has 0 aliphatic heterocycles. The van der Waals surface area contributed by atoms with Crippen molar-refractivity contribution in [2.75, 3.05) is 0 Å². The summed E-state index contributed by atoms with van der Waals surface area (Å²) in [4.78, 5) is 22.9. The van der Waals surface area contributed by atoms with Gasteiger partial charge in [0.25, 0.3) is 0 Å². The summed E-state index contributed by atoms with van der Waals surface area (Å²) in [5, 5.41) is 8.71. The average Bonchev–Trinajstić information content (AvgIpc) is 2.47. The summed E-state index contributed by atoms with van der Waals surface area (Å²) in [6.07, 6.45) is 2.71. The number of carbonyl (C=O) groups excluding carboxylic acids is 1. The maximum absolute atomic E-state index is 12.3. The second-order valence-electron chi connectivity index (χ2n) is 6.10. The molecule has 90 valence electrons. The fraction of sp³-hybridized carbons (Fsp3) is 0.846. The predicted molar refractivity (Wildman–Crippen MR) is 60.0 cm³/mol. The van der Waals surface area contributed by atoms with Gasteiger partial charge in [0, 0.05) is 17.8 Å². The first-order valence-electron chi connectivity index (χ1n) is 6.07. The largest absolute Gasteiger partial charge is 0.481 e. The number of carboxylic acids is 1. The Hall–Kier alpha value is -0.860. The standard InChI is InChI=1S/C13H20O3/c1-12(2)9-6-7-13(12,3)11(16)8(9)4-5-10(14)15/h8-9H,4-7H2,1-3H3,(H,14,15)/t8-,9-,13-/m1/s1. The molecule has 16 heavy (non-hydrogen) atoms. The van der Waals surface area contributed by atoms with Crippen LogP contribution in [0.5, 0.6) is 0 Å². The lowest BCUT2D eigenvalue weighted by Gasteiger charge is -2.32. The topological polar surface area (TPSA) is 54.4 Å². The van der Waals surface area contributed by atoms with Gasteiger partial charge in [0.05, 0.1) is 0 Å².